The van der Waals surface area contributed by atoms with Gasteiger partial charge >= 0.3 is 0 Å². The van der Waals surface area contributed by atoms with E-state index in [0.717, 1.165) is 11.3 Å². The van der Waals surface area contributed by atoms with Crippen molar-refractivity contribution in [3.63, 3.8) is 0 Å². The zero-order valence-electron chi connectivity index (χ0n) is 9.19. The van der Waals surface area contributed by atoms with Crippen molar-refractivity contribution < 1.29 is 13.9 Å². The van der Waals surface area contributed by atoms with Gasteiger partial charge in [-0.05, 0) is 36.4 Å². The molecule has 0 radical (unpaired) electrons. The van der Waals surface area contributed by atoms with Crippen molar-refractivity contribution in [1.82, 2.24) is 0 Å². The second kappa shape index (κ2) is 4.23. The molecular weight excluding hydrogens is 204 g/mol. The molecule has 1 heterocycles. The molecule has 0 saturated carbocycles. The maximum atomic E-state index is 11.1. The number of rotatable bonds is 3. The van der Waals surface area contributed by atoms with Crippen LogP contribution in [-0.2, 0) is 0 Å². The molecule has 0 spiro atoms. The first-order valence-corrected chi connectivity index (χ1v) is 4.96. The summed E-state index contributed by atoms with van der Waals surface area (Å²) < 4.78 is 10.5. The molecule has 1 aromatic heterocycles. The number of benzene rings is 1. The lowest BCUT2D eigenvalue weighted by atomic mass is 10.2. The van der Waals surface area contributed by atoms with Crippen molar-refractivity contribution in [3.8, 4) is 17.1 Å². The number of hydrogen-bond donors (Lipinski definition) is 0. The summed E-state index contributed by atoms with van der Waals surface area (Å²) >= 11 is 0. The van der Waals surface area contributed by atoms with Crippen LogP contribution in [0.3, 0.4) is 0 Å². The summed E-state index contributed by atoms with van der Waals surface area (Å²) in [6, 6.07) is 11.0. The van der Waals surface area contributed by atoms with Gasteiger partial charge in [0.2, 0.25) is 0 Å². The van der Waals surface area contributed by atoms with Gasteiger partial charge in [-0.3, -0.25) is 4.79 Å². The molecule has 16 heavy (non-hydrogen) atoms. The summed E-state index contributed by atoms with van der Waals surface area (Å²) in [6.45, 7) is 1.48. The Balaban J connectivity index is 2.31. The van der Waals surface area contributed by atoms with E-state index in [-0.39, 0.29) is 5.78 Å². The summed E-state index contributed by atoms with van der Waals surface area (Å²) in [6.07, 6.45) is 0. The summed E-state index contributed by atoms with van der Waals surface area (Å²) in [5, 5.41) is 0. The van der Waals surface area contributed by atoms with E-state index >= 15 is 0 Å². The second-order valence-electron chi connectivity index (χ2n) is 3.45. The van der Waals surface area contributed by atoms with Crippen LogP contribution in [0.1, 0.15) is 17.5 Å². The largest absolute Gasteiger partial charge is 0.497 e. The van der Waals surface area contributed by atoms with Crippen LogP contribution in [0.5, 0.6) is 5.75 Å². The zero-order chi connectivity index (χ0) is 11.5. The van der Waals surface area contributed by atoms with E-state index in [1.165, 1.54) is 6.92 Å². The van der Waals surface area contributed by atoms with Gasteiger partial charge in [0.15, 0.2) is 11.5 Å². The number of ketones is 1. The van der Waals surface area contributed by atoms with Crippen LogP contribution in [0.15, 0.2) is 40.8 Å². The monoisotopic (exact) mass is 216 g/mol. The molecule has 0 saturated heterocycles. The molecule has 2 rings (SSSR count). The lowest BCUT2D eigenvalue weighted by molar-refractivity contribution is 0.0988. The fourth-order valence-corrected chi connectivity index (χ4v) is 1.44. The molecule has 0 unspecified atom stereocenters. The standard InChI is InChI=1S/C13H12O3/c1-9(14)12-7-8-13(16-12)10-3-5-11(15-2)6-4-10/h3-8H,1-2H3. The number of Topliss-reactive ketones (excluding diaryl/α,β-unsaturated/α-hetero) is 1. The van der Waals surface area contributed by atoms with E-state index in [4.69, 9.17) is 9.15 Å². The van der Waals surface area contributed by atoms with E-state index in [1.54, 1.807) is 19.2 Å². The Labute approximate surface area is 93.7 Å². The van der Waals surface area contributed by atoms with Gasteiger partial charge in [0.05, 0.1) is 7.11 Å². The van der Waals surface area contributed by atoms with Crippen LogP contribution < -0.4 is 4.74 Å². The highest BCUT2D eigenvalue weighted by Crippen LogP contribution is 2.24. The molecule has 3 heteroatoms. The number of carbonyl (C=O) groups excluding carboxylic acids is 1. The summed E-state index contributed by atoms with van der Waals surface area (Å²) in [5.41, 5.74) is 0.924. The third kappa shape index (κ3) is 1.98. The Kier molecular flexibility index (Phi) is 2.77. The van der Waals surface area contributed by atoms with Crippen molar-refractivity contribution >= 4 is 5.78 Å². The molecule has 0 amide bonds. The normalized spacial score (nSPS) is 10.1. The summed E-state index contributed by atoms with van der Waals surface area (Å²) in [5.74, 6) is 1.79. The second-order valence-corrected chi connectivity index (χ2v) is 3.45. The Bertz CT molecular complexity index is 494. The van der Waals surface area contributed by atoms with E-state index in [0.29, 0.717) is 11.5 Å². The topological polar surface area (TPSA) is 39.4 Å². The lowest BCUT2D eigenvalue weighted by Crippen LogP contribution is -1.86. The number of ether oxygens (including phenoxy) is 1. The van der Waals surface area contributed by atoms with Gasteiger partial charge in [-0.25, -0.2) is 0 Å². The SMILES string of the molecule is COc1ccc(-c2ccc(C(C)=O)o2)cc1. The molecule has 0 atom stereocenters. The third-order valence-electron chi connectivity index (χ3n) is 2.33. The van der Waals surface area contributed by atoms with E-state index in [1.807, 2.05) is 24.3 Å². The maximum absolute atomic E-state index is 11.1. The van der Waals surface area contributed by atoms with Crippen LogP contribution in [0.2, 0.25) is 0 Å². The average Bonchev–Trinajstić information content (AvgIpc) is 2.78. The Morgan fingerprint density at radius 2 is 1.81 bits per heavy atom. The molecule has 0 bridgehead atoms. The number of hydrogen-bond acceptors (Lipinski definition) is 3. The minimum absolute atomic E-state index is 0.0697. The van der Waals surface area contributed by atoms with Crippen LogP contribution >= 0.6 is 0 Å². The molecular formula is C13H12O3. The van der Waals surface area contributed by atoms with Crippen molar-refractivity contribution in [3.05, 3.63) is 42.2 Å². The molecule has 3 nitrogen and oxygen atoms in total. The fraction of sp³-hybridized carbons (Fsp3) is 0.154. The van der Waals surface area contributed by atoms with E-state index in [2.05, 4.69) is 0 Å². The Morgan fingerprint density at radius 3 is 2.31 bits per heavy atom. The molecule has 1 aromatic carbocycles. The van der Waals surface area contributed by atoms with Crippen LogP contribution in [0, 0.1) is 0 Å². The van der Waals surface area contributed by atoms with Gasteiger partial charge in [-0.1, -0.05) is 0 Å². The number of methoxy groups -OCH3 is 1. The molecule has 0 aliphatic carbocycles. The minimum Gasteiger partial charge on any atom is -0.497 e. The fourth-order valence-electron chi connectivity index (χ4n) is 1.44. The maximum Gasteiger partial charge on any atom is 0.194 e. The summed E-state index contributed by atoms with van der Waals surface area (Å²) in [4.78, 5) is 11.1. The first-order valence-electron chi connectivity index (χ1n) is 4.96. The van der Waals surface area contributed by atoms with Crippen LogP contribution in [0.4, 0.5) is 0 Å². The number of carbonyl (C=O) groups is 1. The Hall–Kier alpha value is -2.03. The van der Waals surface area contributed by atoms with Crippen LogP contribution in [0.25, 0.3) is 11.3 Å². The summed E-state index contributed by atoms with van der Waals surface area (Å²) in [7, 11) is 1.62. The lowest BCUT2D eigenvalue weighted by Gasteiger charge is -2.00. The zero-order valence-corrected chi connectivity index (χ0v) is 9.19. The molecule has 0 N–H and O–H groups in total. The highest BCUT2D eigenvalue weighted by Gasteiger charge is 2.07. The van der Waals surface area contributed by atoms with Gasteiger partial charge < -0.3 is 9.15 Å². The molecule has 2 aromatic rings. The van der Waals surface area contributed by atoms with Crippen LogP contribution in [-0.4, -0.2) is 12.9 Å². The first kappa shape index (κ1) is 10.5. The minimum atomic E-state index is -0.0697. The van der Waals surface area contributed by atoms with Crippen molar-refractivity contribution in [2.45, 2.75) is 6.92 Å². The Morgan fingerprint density at radius 1 is 1.12 bits per heavy atom. The van der Waals surface area contributed by atoms with Gasteiger partial charge in [0.1, 0.15) is 11.5 Å². The molecule has 0 fully saturated rings. The van der Waals surface area contributed by atoms with Crippen molar-refractivity contribution in [1.29, 1.82) is 0 Å². The van der Waals surface area contributed by atoms with Crippen molar-refractivity contribution in [2.24, 2.45) is 0 Å². The third-order valence-corrected chi connectivity index (χ3v) is 2.33. The highest BCUT2D eigenvalue weighted by atomic mass is 16.5. The molecule has 82 valence electrons. The van der Waals surface area contributed by atoms with Gasteiger partial charge in [0.25, 0.3) is 0 Å². The quantitative estimate of drug-likeness (QED) is 0.740. The van der Waals surface area contributed by atoms with E-state index < -0.39 is 0 Å². The average molecular weight is 216 g/mol. The first-order chi connectivity index (χ1) is 7.70. The van der Waals surface area contributed by atoms with Crippen molar-refractivity contribution in [2.75, 3.05) is 7.11 Å². The number of furan rings is 1. The van der Waals surface area contributed by atoms with Gasteiger partial charge in [-0.15, -0.1) is 0 Å². The predicted molar refractivity (Wildman–Crippen MR) is 60.7 cm³/mol. The van der Waals surface area contributed by atoms with E-state index in [9.17, 15) is 4.79 Å². The smallest absolute Gasteiger partial charge is 0.194 e. The van der Waals surface area contributed by atoms with Gasteiger partial charge in [-0.2, -0.15) is 0 Å². The molecule has 0 aliphatic heterocycles. The predicted octanol–water partition coefficient (Wildman–Crippen LogP) is 3.16. The highest BCUT2D eigenvalue weighted by molar-refractivity contribution is 5.91. The van der Waals surface area contributed by atoms with Gasteiger partial charge in [0, 0.05) is 12.5 Å². The molecule has 0 aliphatic rings.